The number of hydrogen-bond donors (Lipinski definition) is 2. The summed E-state index contributed by atoms with van der Waals surface area (Å²) in [5.41, 5.74) is 2.04. The third kappa shape index (κ3) is 1.35. The molecule has 1 aromatic heterocycles. The molecule has 66 valence electrons. The molecule has 0 aliphatic carbocycles. The zero-order chi connectivity index (χ0) is 9.26. The topological polar surface area (TPSA) is 73.4 Å². The van der Waals surface area contributed by atoms with Crippen molar-refractivity contribution in [3.63, 3.8) is 0 Å². The van der Waals surface area contributed by atoms with E-state index in [2.05, 4.69) is 20.2 Å². The largest absolute Gasteiger partial charge is 0.323 e. The van der Waals surface area contributed by atoms with Crippen LogP contribution < -0.4 is 5.69 Å². The van der Waals surface area contributed by atoms with Gasteiger partial charge in [0.1, 0.15) is 0 Å². The summed E-state index contributed by atoms with van der Waals surface area (Å²) in [6.45, 7) is 0. The third-order valence-electron chi connectivity index (χ3n) is 1.72. The standard InChI is InChI=1S/C8H8N4O/c1-9-12-5-2-3-6-7(4-5)11-8(13)10-6/h2-4H,1H3,(H2,10,11,13)/b12-9+. The van der Waals surface area contributed by atoms with Gasteiger partial charge in [-0.15, -0.1) is 0 Å². The SMILES string of the molecule is C/N=N/c1ccc2[nH]c(=O)[nH]c2c1. The van der Waals surface area contributed by atoms with Crippen molar-refractivity contribution in [2.24, 2.45) is 10.2 Å². The van der Waals surface area contributed by atoms with Crippen molar-refractivity contribution in [2.75, 3.05) is 7.05 Å². The molecule has 1 aromatic carbocycles. The summed E-state index contributed by atoms with van der Waals surface area (Å²) < 4.78 is 0. The number of benzene rings is 1. The average molecular weight is 176 g/mol. The lowest BCUT2D eigenvalue weighted by atomic mass is 10.3. The van der Waals surface area contributed by atoms with Crippen LogP contribution in [-0.2, 0) is 0 Å². The predicted octanol–water partition coefficient (Wildman–Crippen LogP) is 1.57. The van der Waals surface area contributed by atoms with E-state index in [1.807, 2.05) is 0 Å². The van der Waals surface area contributed by atoms with E-state index >= 15 is 0 Å². The molecule has 5 heteroatoms. The van der Waals surface area contributed by atoms with Crippen LogP contribution in [0.5, 0.6) is 0 Å². The highest BCUT2D eigenvalue weighted by Gasteiger charge is 1.97. The second-order valence-corrected chi connectivity index (χ2v) is 2.61. The van der Waals surface area contributed by atoms with Gasteiger partial charge in [-0.3, -0.25) is 0 Å². The minimum absolute atomic E-state index is 0.208. The Labute approximate surface area is 73.5 Å². The smallest absolute Gasteiger partial charge is 0.306 e. The molecule has 2 N–H and O–H groups in total. The molecule has 0 saturated heterocycles. The van der Waals surface area contributed by atoms with E-state index < -0.39 is 0 Å². The molecule has 13 heavy (non-hydrogen) atoms. The average Bonchev–Trinajstić information content (AvgIpc) is 2.44. The van der Waals surface area contributed by atoms with Crippen LogP contribution >= 0.6 is 0 Å². The molecule has 0 atom stereocenters. The van der Waals surface area contributed by atoms with Crippen LogP contribution in [0, 0.1) is 0 Å². The van der Waals surface area contributed by atoms with Gasteiger partial charge >= 0.3 is 5.69 Å². The minimum Gasteiger partial charge on any atom is -0.306 e. The number of imidazole rings is 1. The van der Waals surface area contributed by atoms with Crippen LogP contribution in [0.25, 0.3) is 11.0 Å². The summed E-state index contributed by atoms with van der Waals surface area (Å²) in [4.78, 5) is 16.2. The summed E-state index contributed by atoms with van der Waals surface area (Å²) in [6, 6.07) is 5.34. The maximum atomic E-state index is 10.9. The van der Waals surface area contributed by atoms with Crippen LogP contribution in [0.15, 0.2) is 33.2 Å². The van der Waals surface area contributed by atoms with Crippen molar-refractivity contribution in [3.05, 3.63) is 28.7 Å². The van der Waals surface area contributed by atoms with E-state index in [4.69, 9.17) is 0 Å². The number of azo groups is 1. The molecule has 1 heterocycles. The van der Waals surface area contributed by atoms with Crippen LogP contribution in [0.4, 0.5) is 5.69 Å². The molecular weight excluding hydrogens is 168 g/mol. The van der Waals surface area contributed by atoms with Gasteiger partial charge in [-0.25, -0.2) is 4.79 Å². The Morgan fingerprint density at radius 2 is 2.00 bits per heavy atom. The second kappa shape index (κ2) is 2.85. The zero-order valence-corrected chi connectivity index (χ0v) is 7.03. The molecule has 0 bridgehead atoms. The number of aromatic nitrogens is 2. The molecule has 0 unspecified atom stereocenters. The Morgan fingerprint density at radius 3 is 2.77 bits per heavy atom. The van der Waals surface area contributed by atoms with E-state index in [9.17, 15) is 4.79 Å². The van der Waals surface area contributed by atoms with Crippen LogP contribution in [0.2, 0.25) is 0 Å². The predicted molar refractivity (Wildman–Crippen MR) is 49.4 cm³/mol. The van der Waals surface area contributed by atoms with Gasteiger partial charge in [0.05, 0.1) is 16.7 Å². The Morgan fingerprint density at radius 1 is 1.23 bits per heavy atom. The molecule has 0 saturated carbocycles. The first-order valence-corrected chi connectivity index (χ1v) is 3.81. The van der Waals surface area contributed by atoms with Gasteiger partial charge in [0, 0.05) is 7.05 Å². The number of hydrogen-bond acceptors (Lipinski definition) is 3. The van der Waals surface area contributed by atoms with E-state index in [1.54, 1.807) is 25.2 Å². The number of nitrogens with zero attached hydrogens (tertiary/aromatic N) is 2. The Balaban J connectivity index is 2.67. The normalized spacial score (nSPS) is 11.5. The highest BCUT2D eigenvalue weighted by molar-refractivity contribution is 5.77. The second-order valence-electron chi connectivity index (χ2n) is 2.61. The minimum atomic E-state index is -0.208. The molecular formula is C8H8N4O. The fourth-order valence-corrected chi connectivity index (χ4v) is 1.20. The number of fused-ring (bicyclic) bond motifs is 1. The lowest BCUT2D eigenvalue weighted by Gasteiger charge is -1.90. The molecule has 2 aromatic rings. The highest BCUT2D eigenvalue weighted by atomic mass is 16.1. The van der Waals surface area contributed by atoms with Crippen LogP contribution in [-0.4, -0.2) is 17.0 Å². The van der Waals surface area contributed by atoms with Gasteiger partial charge in [-0.2, -0.15) is 10.2 Å². The molecule has 5 nitrogen and oxygen atoms in total. The van der Waals surface area contributed by atoms with Crippen molar-refractivity contribution in [3.8, 4) is 0 Å². The molecule has 0 aliphatic rings. The Kier molecular flexibility index (Phi) is 1.70. The number of H-pyrrole nitrogens is 2. The Bertz CT molecular complexity index is 508. The summed E-state index contributed by atoms with van der Waals surface area (Å²) >= 11 is 0. The zero-order valence-electron chi connectivity index (χ0n) is 7.03. The van der Waals surface area contributed by atoms with E-state index in [1.165, 1.54) is 0 Å². The van der Waals surface area contributed by atoms with Crippen molar-refractivity contribution < 1.29 is 0 Å². The molecule has 2 rings (SSSR count). The van der Waals surface area contributed by atoms with E-state index in [-0.39, 0.29) is 5.69 Å². The number of aromatic amines is 2. The third-order valence-corrected chi connectivity index (χ3v) is 1.72. The fourth-order valence-electron chi connectivity index (χ4n) is 1.20. The maximum Gasteiger partial charge on any atom is 0.323 e. The first-order chi connectivity index (χ1) is 6.29. The van der Waals surface area contributed by atoms with Gasteiger partial charge in [0.25, 0.3) is 0 Å². The quantitative estimate of drug-likeness (QED) is 0.636. The first kappa shape index (κ1) is 7.72. The van der Waals surface area contributed by atoms with Gasteiger partial charge in [0.15, 0.2) is 0 Å². The first-order valence-electron chi connectivity index (χ1n) is 3.81. The van der Waals surface area contributed by atoms with Crippen LogP contribution in [0.3, 0.4) is 0 Å². The molecule has 0 spiro atoms. The van der Waals surface area contributed by atoms with E-state index in [0.29, 0.717) is 0 Å². The van der Waals surface area contributed by atoms with Crippen molar-refractivity contribution >= 4 is 16.7 Å². The van der Waals surface area contributed by atoms with Crippen molar-refractivity contribution in [1.82, 2.24) is 9.97 Å². The van der Waals surface area contributed by atoms with Crippen molar-refractivity contribution in [1.29, 1.82) is 0 Å². The number of nitrogens with one attached hydrogen (secondary N) is 2. The molecule has 0 amide bonds. The van der Waals surface area contributed by atoms with Gasteiger partial charge in [-0.1, -0.05) is 0 Å². The lowest BCUT2D eigenvalue weighted by Crippen LogP contribution is -1.99. The van der Waals surface area contributed by atoms with Gasteiger partial charge < -0.3 is 9.97 Å². The van der Waals surface area contributed by atoms with Crippen molar-refractivity contribution in [2.45, 2.75) is 0 Å². The summed E-state index contributed by atoms with van der Waals surface area (Å²) in [7, 11) is 1.60. The summed E-state index contributed by atoms with van der Waals surface area (Å²) in [5.74, 6) is 0. The highest BCUT2D eigenvalue weighted by Crippen LogP contribution is 2.17. The molecule has 0 fully saturated rings. The maximum absolute atomic E-state index is 10.9. The summed E-state index contributed by atoms with van der Waals surface area (Å²) in [5, 5.41) is 7.50. The molecule has 0 radical (unpaired) electrons. The Hall–Kier alpha value is -1.91. The molecule has 0 aliphatic heterocycles. The summed E-state index contributed by atoms with van der Waals surface area (Å²) in [6.07, 6.45) is 0. The number of rotatable bonds is 1. The van der Waals surface area contributed by atoms with Crippen LogP contribution in [0.1, 0.15) is 0 Å². The fraction of sp³-hybridized carbons (Fsp3) is 0.125. The lowest BCUT2D eigenvalue weighted by molar-refractivity contribution is 1.17. The van der Waals surface area contributed by atoms with Gasteiger partial charge in [0.2, 0.25) is 0 Å². The van der Waals surface area contributed by atoms with E-state index in [0.717, 1.165) is 16.7 Å². The van der Waals surface area contributed by atoms with Gasteiger partial charge in [-0.05, 0) is 18.2 Å². The monoisotopic (exact) mass is 176 g/mol.